The van der Waals surface area contributed by atoms with Crippen LogP contribution in [0.3, 0.4) is 0 Å². The molecule has 0 unspecified atom stereocenters. The van der Waals surface area contributed by atoms with Crippen molar-refractivity contribution < 1.29 is 23.1 Å². The van der Waals surface area contributed by atoms with Crippen molar-refractivity contribution in [2.24, 2.45) is 5.92 Å². The van der Waals surface area contributed by atoms with Crippen LogP contribution in [0.1, 0.15) is 12.8 Å². The summed E-state index contributed by atoms with van der Waals surface area (Å²) < 4.78 is 32.4. The van der Waals surface area contributed by atoms with Crippen molar-refractivity contribution in [2.75, 3.05) is 20.2 Å². The van der Waals surface area contributed by atoms with Gasteiger partial charge in [-0.1, -0.05) is 15.9 Å². The van der Waals surface area contributed by atoms with E-state index in [0.29, 0.717) is 17.3 Å². The first-order chi connectivity index (χ1) is 9.86. The van der Waals surface area contributed by atoms with Gasteiger partial charge in [-0.05, 0) is 31.0 Å². The molecule has 116 valence electrons. The summed E-state index contributed by atoms with van der Waals surface area (Å²) in [5, 5.41) is 8.97. The van der Waals surface area contributed by atoms with Crippen LogP contribution in [-0.2, 0) is 14.8 Å². The summed E-state index contributed by atoms with van der Waals surface area (Å²) in [7, 11) is -2.28. The normalized spacial score (nSPS) is 17.6. The van der Waals surface area contributed by atoms with Crippen LogP contribution in [-0.4, -0.2) is 44.0 Å². The van der Waals surface area contributed by atoms with Gasteiger partial charge in [0.25, 0.3) is 0 Å². The number of piperidine rings is 1. The largest absolute Gasteiger partial charge is 0.495 e. The van der Waals surface area contributed by atoms with Crippen LogP contribution in [0.5, 0.6) is 5.75 Å². The Morgan fingerprint density at radius 1 is 1.38 bits per heavy atom. The van der Waals surface area contributed by atoms with Crippen molar-refractivity contribution in [3.8, 4) is 5.75 Å². The average Bonchev–Trinajstić information content (AvgIpc) is 2.47. The van der Waals surface area contributed by atoms with E-state index in [9.17, 15) is 13.2 Å². The van der Waals surface area contributed by atoms with E-state index in [1.807, 2.05) is 0 Å². The van der Waals surface area contributed by atoms with Gasteiger partial charge in [0, 0.05) is 17.6 Å². The molecule has 0 atom stereocenters. The monoisotopic (exact) mass is 377 g/mol. The molecule has 1 fully saturated rings. The highest BCUT2D eigenvalue weighted by Crippen LogP contribution is 2.31. The molecule has 0 radical (unpaired) electrons. The van der Waals surface area contributed by atoms with Crippen LogP contribution >= 0.6 is 15.9 Å². The lowest BCUT2D eigenvalue weighted by molar-refractivity contribution is -0.142. The van der Waals surface area contributed by atoms with Crippen LogP contribution in [0.15, 0.2) is 27.6 Å². The molecule has 0 bridgehead atoms. The first-order valence-corrected chi connectivity index (χ1v) is 8.66. The van der Waals surface area contributed by atoms with E-state index in [1.165, 1.54) is 17.5 Å². The zero-order valence-corrected chi connectivity index (χ0v) is 13.9. The first kappa shape index (κ1) is 16.3. The maximum absolute atomic E-state index is 12.7. The molecule has 1 saturated heterocycles. The van der Waals surface area contributed by atoms with Crippen molar-refractivity contribution in [3.05, 3.63) is 22.7 Å². The average molecular weight is 378 g/mol. The number of methoxy groups -OCH3 is 1. The molecule has 1 aliphatic heterocycles. The second-order valence-electron chi connectivity index (χ2n) is 4.81. The van der Waals surface area contributed by atoms with Gasteiger partial charge in [-0.15, -0.1) is 0 Å². The number of benzene rings is 1. The highest BCUT2D eigenvalue weighted by atomic mass is 79.9. The molecule has 0 saturated carbocycles. The van der Waals surface area contributed by atoms with Gasteiger partial charge in [-0.3, -0.25) is 4.79 Å². The Bertz CT molecular complexity index is 638. The number of carboxylic acids is 1. The van der Waals surface area contributed by atoms with Gasteiger partial charge in [0.05, 0.1) is 13.0 Å². The third-order valence-corrected chi connectivity index (χ3v) is 5.96. The number of halogens is 1. The molecule has 1 heterocycles. The van der Waals surface area contributed by atoms with Gasteiger partial charge in [0.15, 0.2) is 0 Å². The highest BCUT2D eigenvalue weighted by Gasteiger charge is 2.33. The number of carboxylic acid groups (broad SMARTS) is 1. The lowest BCUT2D eigenvalue weighted by atomic mass is 9.99. The van der Waals surface area contributed by atoms with Gasteiger partial charge in [0.1, 0.15) is 10.6 Å². The fraction of sp³-hybridized carbons (Fsp3) is 0.462. The Morgan fingerprint density at radius 2 is 2.00 bits per heavy atom. The highest BCUT2D eigenvalue weighted by molar-refractivity contribution is 9.10. The van der Waals surface area contributed by atoms with Gasteiger partial charge < -0.3 is 9.84 Å². The molecule has 0 aromatic heterocycles. The molecular formula is C13H16BrNO5S. The second kappa shape index (κ2) is 6.33. The van der Waals surface area contributed by atoms with Crippen LogP contribution in [0, 0.1) is 5.92 Å². The number of ether oxygens (including phenoxy) is 1. The van der Waals surface area contributed by atoms with E-state index in [0.717, 1.165) is 0 Å². The van der Waals surface area contributed by atoms with E-state index in [1.54, 1.807) is 12.1 Å². The molecule has 0 spiro atoms. The standard InChI is InChI=1S/C13H16BrNO5S/c1-20-11-3-2-10(14)8-12(11)21(18,19)15-6-4-9(5-7-15)13(16)17/h2-3,8-9H,4-7H2,1H3,(H,16,17). The first-order valence-electron chi connectivity index (χ1n) is 6.42. The van der Waals surface area contributed by atoms with E-state index in [2.05, 4.69) is 15.9 Å². The number of rotatable bonds is 4. The molecule has 6 nitrogen and oxygen atoms in total. The van der Waals surface area contributed by atoms with Crippen molar-refractivity contribution in [1.82, 2.24) is 4.31 Å². The molecule has 21 heavy (non-hydrogen) atoms. The van der Waals surface area contributed by atoms with E-state index in [-0.39, 0.29) is 23.7 Å². The molecular weight excluding hydrogens is 362 g/mol. The zero-order chi connectivity index (χ0) is 15.6. The Morgan fingerprint density at radius 3 is 2.52 bits per heavy atom. The predicted octanol–water partition coefficient (Wildman–Crippen LogP) is 1.94. The third-order valence-electron chi connectivity index (χ3n) is 3.55. The summed E-state index contributed by atoms with van der Waals surface area (Å²) in [6.45, 7) is 0.407. The summed E-state index contributed by atoms with van der Waals surface area (Å²) in [6.07, 6.45) is 0.649. The number of hydrogen-bond donors (Lipinski definition) is 1. The smallest absolute Gasteiger partial charge is 0.306 e. The summed E-state index contributed by atoms with van der Waals surface area (Å²) in [6, 6.07) is 4.78. The Balaban J connectivity index is 2.27. The SMILES string of the molecule is COc1ccc(Br)cc1S(=O)(=O)N1CCC(C(=O)O)CC1. The quantitative estimate of drug-likeness (QED) is 0.866. The van der Waals surface area contributed by atoms with Crippen molar-refractivity contribution >= 4 is 31.9 Å². The molecule has 2 rings (SSSR count). The zero-order valence-electron chi connectivity index (χ0n) is 11.5. The van der Waals surface area contributed by atoms with Crippen LogP contribution < -0.4 is 4.74 Å². The molecule has 1 N–H and O–H groups in total. The summed E-state index contributed by atoms with van der Waals surface area (Å²) >= 11 is 3.25. The Hall–Kier alpha value is -1.12. The minimum atomic E-state index is -3.69. The maximum Gasteiger partial charge on any atom is 0.306 e. The number of carbonyl (C=O) groups is 1. The molecule has 1 aromatic carbocycles. The van der Waals surface area contributed by atoms with Crippen molar-refractivity contribution in [2.45, 2.75) is 17.7 Å². The van der Waals surface area contributed by atoms with Crippen molar-refractivity contribution in [3.63, 3.8) is 0 Å². The molecule has 1 aliphatic rings. The van der Waals surface area contributed by atoms with E-state index < -0.39 is 21.9 Å². The number of sulfonamides is 1. The van der Waals surface area contributed by atoms with Gasteiger partial charge in [-0.2, -0.15) is 4.31 Å². The van der Waals surface area contributed by atoms with Crippen LogP contribution in [0.25, 0.3) is 0 Å². The molecule has 1 aromatic rings. The summed E-state index contributed by atoms with van der Waals surface area (Å²) in [4.78, 5) is 11.0. The fourth-order valence-corrected chi connectivity index (χ4v) is 4.50. The van der Waals surface area contributed by atoms with Gasteiger partial charge in [-0.25, -0.2) is 8.42 Å². The second-order valence-corrected chi connectivity index (χ2v) is 7.63. The van der Waals surface area contributed by atoms with E-state index >= 15 is 0 Å². The summed E-state index contributed by atoms with van der Waals surface area (Å²) in [5.41, 5.74) is 0. The number of hydrogen-bond acceptors (Lipinski definition) is 4. The van der Waals surface area contributed by atoms with Gasteiger partial charge >= 0.3 is 5.97 Å². The Labute approximate surface area is 131 Å². The minimum absolute atomic E-state index is 0.0909. The lowest BCUT2D eigenvalue weighted by Gasteiger charge is -2.29. The number of aliphatic carboxylic acids is 1. The molecule has 8 heteroatoms. The van der Waals surface area contributed by atoms with E-state index in [4.69, 9.17) is 9.84 Å². The third kappa shape index (κ3) is 3.38. The summed E-state index contributed by atoms with van der Waals surface area (Å²) in [5.74, 6) is -1.06. The Kier molecular flexibility index (Phi) is 4.90. The lowest BCUT2D eigenvalue weighted by Crippen LogP contribution is -2.40. The molecule has 0 amide bonds. The minimum Gasteiger partial charge on any atom is -0.495 e. The van der Waals surface area contributed by atoms with Crippen molar-refractivity contribution in [1.29, 1.82) is 0 Å². The number of nitrogens with zero attached hydrogens (tertiary/aromatic N) is 1. The fourth-order valence-electron chi connectivity index (χ4n) is 2.33. The van der Waals surface area contributed by atoms with Crippen LogP contribution in [0.4, 0.5) is 0 Å². The van der Waals surface area contributed by atoms with Gasteiger partial charge in [0.2, 0.25) is 10.0 Å². The maximum atomic E-state index is 12.7. The molecule has 0 aliphatic carbocycles. The topological polar surface area (TPSA) is 83.9 Å². The predicted molar refractivity (Wildman–Crippen MR) is 79.8 cm³/mol. The van der Waals surface area contributed by atoms with Crippen LogP contribution in [0.2, 0.25) is 0 Å².